The number of aromatic nitrogens is 1. The van der Waals surface area contributed by atoms with Gasteiger partial charge in [-0.05, 0) is 72.5 Å². The molecule has 0 atom stereocenters. The van der Waals surface area contributed by atoms with E-state index in [4.69, 9.17) is 4.74 Å². The topological polar surface area (TPSA) is 63.2 Å². The molecule has 2 N–H and O–H groups in total. The third-order valence-corrected chi connectivity index (χ3v) is 4.64. The highest BCUT2D eigenvalue weighted by Gasteiger charge is 2.17. The van der Waals surface area contributed by atoms with Gasteiger partial charge in [0.25, 0.3) is 0 Å². The number of hydrogen-bond acceptors (Lipinski definition) is 4. The Morgan fingerprint density at radius 1 is 1.19 bits per heavy atom. The summed E-state index contributed by atoms with van der Waals surface area (Å²) >= 11 is 0. The summed E-state index contributed by atoms with van der Waals surface area (Å²) in [6, 6.07) is 7.36. The number of nitrogens with zero attached hydrogens (tertiary/aromatic N) is 1. The lowest BCUT2D eigenvalue weighted by atomic mass is 9.95. The highest BCUT2D eigenvalue weighted by atomic mass is 19.1. The number of pyridine rings is 1. The molecule has 32 heavy (non-hydrogen) atoms. The van der Waals surface area contributed by atoms with E-state index in [0.29, 0.717) is 31.5 Å². The maximum absolute atomic E-state index is 13.2. The Balaban J connectivity index is 0.00000121. The zero-order chi connectivity index (χ0) is 23.9. The van der Waals surface area contributed by atoms with Crippen LogP contribution in [0.15, 0.2) is 54.5 Å². The molecule has 0 saturated heterocycles. The Morgan fingerprint density at radius 3 is 2.59 bits per heavy atom. The predicted octanol–water partition coefficient (Wildman–Crippen LogP) is 5.21. The molecular formula is C26H36FN3O2. The second-order valence-electron chi connectivity index (χ2n) is 6.66. The largest absolute Gasteiger partial charge is 0.496 e. The minimum absolute atomic E-state index is 0.0994. The van der Waals surface area contributed by atoms with E-state index < -0.39 is 0 Å². The van der Waals surface area contributed by atoms with Crippen LogP contribution in [0.1, 0.15) is 50.8 Å². The number of aryl methyl sites for hydroxylation is 2. The van der Waals surface area contributed by atoms with Gasteiger partial charge in [-0.2, -0.15) is 0 Å². The van der Waals surface area contributed by atoms with Gasteiger partial charge >= 0.3 is 0 Å². The van der Waals surface area contributed by atoms with Crippen LogP contribution < -0.4 is 15.4 Å². The molecule has 6 heteroatoms. The molecule has 0 unspecified atom stereocenters. The van der Waals surface area contributed by atoms with E-state index in [1.807, 2.05) is 65.1 Å². The number of benzene rings is 1. The van der Waals surface area contributed by atoms with E-state index in [1.54, 1.807) is 13.3 Å². The third kappa shape index (κ3) is 7.84. The Hall–Kier alpha value is -3.15. The Morgan fingerprint density at radius 2 is 1.94 bits per heavy atom. The van der Waals surface area contributed by atoms with Gasteiger partial charge in [0.05, 0.1) is 13.3 Å². The average molecular weight is 442 g/mol. The first-order chi connectivity index (χ1) is 15.6. The standard InChI is InChI=1S/C22H24FN3O2.2C2H6/c1-15-10-17(5-6-21(15)28-2)19-7-9-24-14-20(19)22(27)26-8-3-4-16-11-18(23)13-25-12-16;2*1-2/h5-7,9-13,24H,3-4,8,14H2,1-2H3,(H,26,27);2*1-2H3. The highest BCUT2D eigenvalue weighted by molar-refractivity contribution is 6.04. The van der Waals surface area contributed by atoms with E-state index in [9.17, 15) is 9.18 Å². The van der Waals surface area contributed by atoms with Gasteiger partial charge in [-0.1, -0.05) is 33.8 Å². The molecule has 0 fully saturated rings. The van der Waals surface area contributed by atoms with E-state index in [-0.39, 0.29) is 11.7 Å². The van der Waals surface area contributed by atoms with Gasteiger partial charge in [0, 0.05) is 24.9 Å². The summed E-state index contributed by atoms with van der Waals surface area (Å²) in [7, 11) is 1.64. The van der Waals surface area contributed by atoms with Crippen molar-refractivity contribution in [2.45, 2.75) is 47.5 Å². The lowest BCUT2D eigenvalue weighted by molar-refractivity contribution is -0.117. The van der Waals surface area contributed by atoms with Crippen molar-refractivity contribution in [3.63, 3.8) is 0 Å². The number of nitrogens with one attached hydrogen (secondary N) is 2. The minimum Gasteiger partial charge on any atom is -0.496 e. The van der Waals surface area contributed by atoms with Crippen LogP contribution in [0.5, 0.6) is 5.75 Å². The van der Waals surface area contributed by atoms with Crippen molar-refractivity contribution >= 4 is 11.5 Å². The van der Waals surface area contributed by atoms with Crippen molar-refractivity contribution in [3.8, 4) is 5.75 Å². The molecule has 2 heterocycles. The summed E-state index contributed by atoms with van der Waals surface area (Å²) in [5.74, 6) is 0.379. The summed E-state index contributed by atoms with van der Waals surface area (Å²) in [6.45, 7) is 11.0. The summed E-state index contributed by atoms with van der Waals surface area (Å²) in [4.78, 5) is 16.6. The third-order valence-electron chi connectivity index (χ3n) is 4.64. The summed E-state index contributed by atoms with van der Waals surface area (Å²) in [6.07, 6.45) is 7.97. The molecule has 0 saturated carbocycles. The van der Waals surface area contributed by atoms with Crippen molar-refractivity contribution in [2.24, 2.45) is 0 Å². The predicted molar refractivity (Wildman–Crippen MR) is 130 cm³/mol. The Labute approximate surface area is 191 Å². The highest BCUT2D eigenvalue weighted by Crippen LogP contribution is 2.27. The second-order valence-corrected chi connectivity index (χ2v) is 6.66. The van der Waals surface area contributed by atoms with E-state index >= 15 is 0 Å². The van der Waals surface area contributed by atoms with Gasteiger partial charge in [0.1, 0.15) is 11.6 Å². The molecular weight excluding hydrogens is 405 g/mol. The van der Waals surface area contributed by atoms with Crippen LogP contribution in [0.4, 0.5) is 4.39 Å². The maximum Gasteiger partial charge on any atom is 0.249 e. The molecule has 1 aromatic heterocycles. The normalized spacial score (nSPS) is 12.0. The SMILES string of the molecule is CC.CC.COc1ccc(C2=C(C(=O)NCCCc3cncc(F)c3)CNC=C2)cc1C. The van der Waals surface area contributed by atoms with Crippen molar-refractivity contribution in [2.75, 3.05) is 20.2 Å². The number of carbonyl (C=O) groups is 1. The van der Waals surface area contributed by atoms with Crippen LogP contribution in [0.25, 0.3) is 5.57 Å². The summed E-state index contributed by atoms with van der Waals surface area (Å²) in [5, 5.41) is 6.07. The maximum atomic E-state index is 13.2. The number of allylic oxidation sites excluding steroid dienone is 2. The first kappa shape index (κ1) is 26.9. The number of halogens is 1. The molecule has 1 amide bonds. The fourth-order valence-corrected chi connectivity index (χ4v) is 3.21. The van der Waals surface area contributed by atoms with Crippen molar-refractivity contribution in [1.82, 2.24) is 15.6 Å². The van der Waals surface area contributed by atoms with Gasteiger partial charge in [0.2, 0.25) is 5.91 Å². The second kappa shape index (κ2) is 14.8. The van der Waals surface area contributed by atoms with Gasteiger partial charge in [-0.15, -0.1) is 0 Å². The smallest absolute Gasteiger partial charge is 0.249 e. The zero-order valence-corrected chi connectivity index (χ0v) is 20.1. The van der Waals surface area contributed by atoms with Crippen molar-refractivity contribution in [1.29, 1.82) is 0 Å². The average Bonchev–Trinajstić information content (AvgIpc) is 2.84. The molecule has 0 bridgehead atoms. The van der Waals surface area contributed by atoms with Crippen molar-refractivity contribution in [3.05, 3.63) is 77.0 Å². The monoisotopic (exact) mass is 441 g/mol. The fourth-order valence-electron chi connectivity index (χ4n) is 3.21. The van der Waals surface area contributed by atoms with Gasteiger partial charge in [-0.3, -0.25) is 9.78 Å². The summed E-state index contributed by atoms with van der Waals surface area (Å²) < 4.78 is 18.5. The molecule has 1 aromatic carbocycles. The number of rotatable bonds is 7. The lowest BCUT2D eigenvalue weighted by Gasteiger charge is -2.18. The minimum atomic E-state index is -0.341. The molecule has 0 aliphatic carbocycles. The Kier molecular flexibility index (Phi) is 12.4. The van der Waals surface area contributed by atoms with Crippen LogP contribution >= 0.6 is 0 Å². The fraction of sp³-hybridized carbons (Fsp3) is 0.385. The van der Waals surface area contributed by atoms with Crippen LogP contribution in [0.3, 0.4) is 0 Å². The molecule has 0 radical (unpaired) electrons. The van der Waals surface area contributed by atoms with E-state index in [2.05, 4.69) is 15.6 Å². The molecule has 1 aliphatic heterocycles. The van der Waals surface area contributed by atoms with Gasteiger partial charge < -0.3 is 15.4 Å². The number of carbonyl (C=O) groups excluding carboxylic acids is 1. The number of dihydropyridines is 1. The molecule has 1 aliphatic rings. The van der Waals surface area contributed by atoms with Gasteiger partial charge in [-0.25, -0.2) is 4.39 Å². The van der Waals surface area contributed by atoms with Crippen LogP contribution in [0, 0.1) is 12.7 Å². The van der Waals surface area contributed by atoms with E-state index in [0.717, 1.165) is 28.0 Å². The van der Waals surface area contributed by atoms with Gasteiger partial charge in [0.15, 0.2) is 0 Å². The van der Waals surface area contributed by atoms with Crippen LogP contribution in [-0.4, -0.2) is 31.1 Å². The molecule has 3 rings (SSSR count). The Bertz CT molecular complexity index is 923. The quantitative estimate of drug-likeness (QED) is 0.579. The molecule has 5 nitrogen and oxygen atoms in total. The lowest BCUT2D eigenvalue weighted by Crippen LogP contribution is -2.32. The molecule has 2 aromatic rings. The zero-order valence-electron chi connectivity index (χ0n) is 20.1. The number of ether oxygens (including phenoxy) is 1. The molecule has 174 valence electrons. The van der Waals surface area contributed by atoms with Crippen molar-refractivity contribution < 1.29 is 13.9 Å². The number of amides is 1. The van der Waals surface area contributed by atoms with Crippen LogP contribution in [0.2, 0.25) is 0 Å². The number of methoxy groups -OCH3 is 1. The molecule has 0 spiro atoms. The number of hydrogen-bond donors (Lipinski definition) is 2. The summed E-state index contributed by atoms with van der Waals surface area (Å²) in [5.41, 5.74) is 4.41. The van der Waals surface area contributed by atoms with Crippen LogP contribution in [-0.2, 0) is 11.2 Å². The first-order valence-electron chi connectivity index (χ1n) is 11.2. The first-order valence-corrected chi connectivity index (χ1v) is 11.2. The van der Waals surface area contributed by atoms with E-state index in [1.165, 1.54) is 12.3 Å².